The Bertz CT molecular complexity index is 515. The quantitative estimate of drug-likeness (QED) is 0.839. The molecule has 0 saturated heterocycles. The van der Waals surface area contributed by atoms with Gasteiger partial charge in [0, 0.05) is 6.20 Å². The second-order valence-corrected chi connectivity index (χ2v) is 3.29. The third-order valence-electron chi connectivity index (χ3n) is 2.03. The van der Waals surface area contributed by atoms with Crippen molar-refractivity contribution in [3.05, 3.63) is 36.0 Å². The second kappa shape index (κ2) is 4.18. The van der Waals surface area contributed by atoms with Crippen molar-refractivity contribution in [1.82, 2.24) is 10.6 Å². The van der Waals surface area contributed by atoms with Crippen LogP contribution < -0.4 is 10.6 Å². The van der Waals surface area contributed by atoms with Crippen LogP contribution in [0.25, 0.3) is 0 Å². The van der Waals surface area contributed by atoms with Crippen LogP contribution in [0.15, 0.2) is 30.4 Å². The number of carboxylic acid groups (broad SMARTS) is 1. The van der Waals surface area contributed by atoms with Crippen LogP contribution in [0.2, 0.25) is 0 Å². The molecule has 0 unspecified atom stereocenters. The van der Waals surface area contributed by atoms with Crippen molar-refractivity contribution in [3.63, 3.8) is 0 Å². The summed E-state index contributed by atoms with van der Waals surface area (Å²) in [7, 11) is 0. The molecule has 2 heterocycles. The third-order valence-corrected chi connectivity index (χ3v) is 2.03. The Morgan fingerprint density at radius 2 is 2.17 bits per heavy atom. The van der Waals surface area contributed by atoms with Gasteiger partial charge in [0.25, 0.3) is 0 Å². The van der Waals surface area contributed by atoms with Gasteiger partial charge >= 0.3 is 12.1 Å². The number of carboxylic acids is 1. The molecule has 6 nitrogen and oxygen atoms in total. The van der Waals surface area contributed by atoms with E-state index in [4.69, 9.17) is 5.11 Å². The fourth-order valence-electron chi connectivity index (χ4n) is 1.20. The SMILES string of the molecule is O=C(O)c1cncc(N2C=C(C(F)(F)F)ON2)c1. The average molecular weight is 261 g/mol. The number of aromatic nitrogens is 1. The lowest BCUT2D eigenvalue weighted by molar-refractivity contribution is -0.136. The van der Waals surface area contributed by atoms with E-state index >= 15 is 0 Å². The van der Waals surface area contributed by atoms with Crippen LogP contribution in [0, 0.1) is 0 Å². The molecule has 96 valence electrons. The highest BCUT2D eigenvalue weighted by Crippen LogP contribution is 2.30. The molecule has 0 saturated carbocycles. The third kappa shape index (κ3) is 2.35. The van der Waals surface area contributed by atoms with Crippen LogP contribution >= 0.6 is 0 Å². The van der Waals surface area contributed by atoms with Crippen LogP contribution in [0.3, 0.4) is 0 Å². The standard InChI is InChI=1S/C9H6F3N3O3/c10-9(11,12)7-4-15(14-18-7)6-1-5(8(16)17)2-13-3-6/h1-4,14H,(H,16,17). The number of hydrazine groups is 1. The number of nitrogens with one attached hydrogen (secondary N) is 1. The summed E-state index contributed by atoms with van der Waals surface area (Å²) in [6, 6.07) is 1.15. The maximum Gasteiger partial charge on any atom is 0.453 e. The van der Waals surface area contributed by atoms with E-state index < -0.39 is 17.9 Å². The van der Waals surface area contributed by atoms with Crippen LogP contribution in [0.5, 0.6) is 0 Å². The molecule has 0 spiro atoms. The summed E-state index contributed by atoms with van der Waals surface area (Å²) in [6.07, 6.45) is -1.70. The van der Waals surface area contributed by atoms with E-state index in [0.717, 1.165) is 17.3 Å². The highest BCUT2D eigenvalue weighted by molar-refractivity contribution is 5.88. The van der Waals surface area contributed by atoms with Crippen molar-refractivity contribution in [2.24, 2.45) is 0 Å². The monoisotopic (exact) mass is 261 g/mol. The highest BCUT2D eigenvalue weighted by atomic mass is 19.4. The molecule has 1 aromatic heterocycles. The van der Waals surface area contributed by atoms with Crippen molar-refractivity contribution in [2.45, 2.75) is 6.18 Å². The molecule has 18 heavy (non-hydrogen) atoms. The molecule has 1 aliphatic heterocycles. The van der Waals surface area contributed by atoms with Gasteiger partial charge in [0.1, 0.15) is 0 Å². The van der Waals surface area contributed by atoms with Gasteiger partial charge in [-0.05, 0) is 6.07 Å². The second-order valence-electron chi connectivity index (χ2n) is 3.29. The number of pyridine rings is 1. The Morgan fingerprint density at radius 3 is 2.72 bits per heavy atom. The number of aromatic carboxylic acids is 1. The van der Waals surface area contributed by atoms with Gasteiger partial charge in [0.05, 0.1) is 23.6 Å². The lowest BCUT2D eigenvalue weighted by atomic mass is 10.2. The molecule has 0 bridgehead atoms. The maximum absolute atomic E-state index is 12.3. The summed E-state index contributed by atoms with van der Waals surface area (Å²) < 4.78 is 36.9. The summed E-state index contributed by atoms with van der Waals surface area (Å²) in [5.74, 6) is -2.47. The Balaban J connectivity index is 2.26. The van der Waals surface area contributed by atoms with E-state index in [1.165, 1.54) is 6.20 Å². The summed E-state index contributed by atoms with van der Waals surface area (Å²) in [5, 5.41) is 9.60. The zero-order valence-electron chi connectivity index (χ0n) is 8.60. The van der Waals surface area contributed by atoms with Crippen molar-refractivity contribution in [1.29, 1.82) is 0 Å². The van der Waals surface area contributed by atoms with Gasteiger partial charge in [-0.2, -0.15) is 13.2 Å². The molecular weight excluding hydrogens is 255 g/mol. The first-order valence-corrected chi connectivity index (χ1v) is 4.57. The fourth-order valence-corrected chi connectivity index (χ4v) is 1.20. The first-order chi connectivity index (χ1) is 8.38. The van der Waals surface area contributed by atoms with Crippen molar-refractivity contribution in [3.8, 4) is 0 Å². The summed E-state index contributed by atoms with van der Waals surface area (Å²) in [4.78, 5) is 18.5. The van der Waals surface area contributed by atoms with Gasteiger partial charge in [-0.3, -0.25) is 4.98 Å². The predicted molar refractivity (Wildman–Crippen MR) is 52.0 cm³/mol. The van der Waals surface area contributed by atoms with E-state index in [0.29, 0.717) is 6.20 Å². The van der Waals surface area contributed by atoms with Crippen molar-refractivity contribution < 1.29 is 27.9 Å². The maximum atomic E-state index is 12.3. The summed E-state index contributed by atoms with van der Waals surface area (Å²) in [5.41, 5.74) is 1.94. The lowest BCUT2D eigenvalue weighted by Gasteiger charge is -2.13. The van der Waals surface area contributed by atoms with Crippen LogP contribution in [0.4, 0.5) is 18.9 Å². The molecule has 0 aromatic carbocycles. The minimum Gasteiger partial charge on any atom is -0.478 e. The number of allylic oxidation sites excluding steroid dienone is 1. The molecule has 0 fully saturated rings. The Kier molecular flexibility index (Phi) is 2.83. The van der Waals surface area contributed by atoms with E-state index in [9.17, 15) is 18.0 Å². The lowest BCUT2D eigenvalue weighted by Crippen LogP contribution is -2.27. The Hall–Kier alpha value is -2.29. The van der Waals surface area contributed by atoms with Crippen molar-refractivity contribution >= 4 is 11.7 Å². The first-order valence-electron chi connectivity index (χ1n) is 4.57. The summed E-state index contributed by atoms with van der Waals surface area (Å²) >= 11 is 0. The smallest absolute Gasteiger partial charge is 0.453 e. The minimum atomic E-state index is -4.63. The van der Waals surface area contributed by atoms with Gasteiger partial charge in [0.15, 0.2) is 0 Å². The van der Waals surface area contributed by atoms with Crippen LogP contribution in [0.1, 0.15) is 10.4 Å². The molecule has 1 aromatic rings. The average Bonchev–Trinajstić information content (AvgIpc) is 2.78. The highest BCUT2D eigenvalue weighted by Gasteiger charge is 2.40. The fraction of sp³-hybridized carbons (Fsp3) is 0.111. The molecule has 0 amide bonds. The number of hydrogen-bond donors (Lipinski definition) is 2. The van der Waals surface area contributed by atoms with Gasteiger partial charge < -0.3 is 9.94 Å². The first kappa shape index (κ1) is 12.2. The molecule has 2 N–H and O–H groups in total. The van der Waals surface area contributed by atoms with Crippen LogP contribution in [-0.2, 0) is 4.84 Å². The summed E-state index contributed by atoms with van der Waals surface area (Å²) in [6.45, 7) is 0. The van der Waals surface area contributed by atoms with E-state index in [-0.39, 0.29) is 11.3 Å². The zero-order chi connectivity index (χ0) is 13.3. The molecule has 2 rings (SSSR count). The van der Waals surface area contributed by atoms with E-state index in [2.05, 4.69) is 9.82 Å². The van der Waals surface area contributed by atoms with Gasteiger partial charge in [-0.25, -0.2) is 9.80 Å². The van der Waals surface area contributed by atoms with Crippen molar-refractivity contribution in [2.75, 3.05) is 5.01 Å². The molecule has 1 aliphatic rings. The van der Waals surface area contributed by atoms with Crippen LogP contribution in [-0.4, -0.2) is 22.2 Å². The Morgan fingerprint density at radius 1 is 1.44 bits per heavy atom. The van der Waals surface area contributed by atoms with Gasteiger partial charge in [-0.1, -0.05) is 5.59 Å². The number of anilines is 1. The zero-order valence-corrected chi connectivity index (χ0v) is 8.60. The topological polar surface area (TPSA) is 74.7 Å². The molecule has 9 heteroatoms. The molecule has 0 radical (unpaired) electrons. The molecule has 0 atom stereocenters. The molecule has 0 aliphatic carbocycles. The number of alkyl halides is 3. The number of carbonyl (C=O) groups is 1. The minimum absolute atomic E-state index is 0.106. The normalized spacial score (nSPS) is 15.3. The predicted octanol–water partition coefficient (Wildman–Crippen LogP) is 1.44. The molecular formula is C9H6F3N3O3. The largest absolute Gasteiger partial charge is 0.478 e. The van der Waals surface area contributed by atoms with Gasteiger partial charge in [0.2, 0.25) is 5.76 Å². The number of rotatable bonds is 2. The number of halogens is 3. The van der Waals surface area contributed by atoms with E-state index in [1.807, 2.05) is 5.59 Å². The van der Waals surface area contributed by atoms with E-state index in [1.54, 1.807) is 0 Å². The number of nitrogens with zero attached hydrogens (tertiary/aromatic N) is 2. The number of hydrogen-bond acceptors (Lipinski definition) is 5. The van der Waals surface area contributed by atoms with Gasteiger partial charge in [-0.15, -0.1) is 0 Å². The Labute approximate surface area is 98.2 Å².